The van der Waals surface area contributed by atoms with Gasteiger partial charge in [-0.05, 0) is 6.08 Å². The molecule has 1 rings (SSSR count). The van der Waals surface area contributed by atoms with Crippen LogP contribution in [0.15, 0.2) is 30.3 Å². The molecule has 0 unspecified atom stereocenters. The molecule has 0 fully saturated rings. The molecule has 3 heteroatoms. The first kappa shape index (κ1) is 16.8. The predicted octanol–water partition coefficient (Wildman–Crippen LogP) is 1.71. The number of hydrogen-bond acceptors (Lipinski definition) is 2. The summed E-state index contributed by atoms with van der Waals surface area (Å²) in [5.41, 5.74) is 1.04. The van der Waals surface area contributed by atoms with E-state index in [2.05, 4.69) is 6.07 Å². The normalized spacial score (nSPS) is 8.73. The molecule has 0 radical (unpaired) electrons. The average Bonchev–Trinajstić information content (AvgIpc) is 2.30. The van der Waals surface area contributed by atoms with Crippen LogP contribution in [-0.4, -0.2) is 41.1 Å². The third-order valence-corrected chi connectivity index (χ3v) is 1.55. The first-order valence-electron chi connectivity index (χ1n) is 4.44. The Labute approximate surface area is 107 Å². The molecule has 0 saturated carbocycles. The molecule has 0 saturated heterocycles. The summed E-state index contributed by atoms with van der Waals surface area (Å²) >= 11 is 0. The molecule has 0 amide bonds. The molecule has 0 atom stereocenters. The standard InChI is InChI=1S/C11H11O.CH4O.Mg/c1-2-11(12)9-8-10-6-4-3-5-7-10;1-2;/h4-9H,2H2,1H3;2H,1H3;/q-1;;+2. The van der Waals surface area contributed by atoms with Crippen LogP contribution in [-0.2, 0) is 4.79 Å². The van der Waals surface area contributed by atoms with Crippen LogP contribution >= 0.6 is 0 Å². The molecule has 1 aromatic rings. The van der Waals surface area contributed by atoms with Crippen molar-refractivity contribution in [2.24, 2.45) is 0 Å². The van der Waals surface area contributed by atoms with Crippen LogP contribution in [0.5, 0.6) is 0 Å². The zero-order valence-corrected chi connectivity index (χ0v) is 10.6. The van der Waals surface area contributed by atoms with Crippen molar-refractivity contribution in [1.82, 2.24) is 0 Å². The van der Waals surface area contributed by atoms with E-state index in [1.165, 1.54) is 0 Å². The maximum atomic E-state index is 10.9. The summed E-state index contributed by atoms with van der Waals surface area (Å²) in [7, 11) is 1.00. The van der Waals surface area contributed by atoms with E-state index >= 15 is 0 Å². The van der Waals surface area contributed by atoms with E-state index in [-0.39, 0.29) is 28.8 Å². The summed E-state index contributed by atoms with van der Waals surface area (Å²) < 4.78 is 0. The fourth-order valence-corrected chi connectivity index (χ4v) is 0.818. The molecular formula is C12H15MgO2+. The molecule has 0 spiro atoms. The molecule has 0 aliphatic rings. The number of aliphatic hydroxyl groups excluding tert-OH is 1. The van der Waals surface area contributed by atoms with E-state index in [4.69, 9.17) is 5.11 Å². The number of carbonyl (C=O) groups is 1. The molecule has 0 heterocycles. The molecule has 76 valence electrons. The van der Waals surface area contributed by atoms with Crippen molar-refractivity contribution in [2.75, 3.05) is 7.11 Å². The van der Waals surface area contributed by atoms with Gasteiger partial charge in [0.2, 0.25) is 0 Å². The maximum Gasteiger partial charge on any atom is 2.00 e. The summed E-state index contributed by atoms with van der Waals surface area (Å²) in [4.78, 5) is 10.9. The summed E-state index contributed by atoms with van der Waals surface area (Å²) in [6.07, 6.45) is 3.99. The summed E-state index contributed by atoms with van der Waals surface area (Å²) in [6, 6.07) is 10.4. The zero-order chi connectivity index (χ0) is 10.8. The van der Waals surface area contributed by atoms with Gasteiger partial charge in [0.15, 0.2) is 5.78 Å². The fourth-order valence-electron chi connectivity index (χ4n) is 0.818. The van der Waals surface area contributed by atoms with E-state index in [0.717, 1.165) is 12.7 Å². The molecule has 1 N–H and O–H groups in total. The Morgan fingerprint density at radius 2 is 1.93 bits per heavy atom. The van der Waals surface area contributed by atoms with Crippen LogP contribution in [0.2, 0.25) is 0 Å². The maximum absolute atomic E-state index is 10.9. The Morgan fingerprint density at radius 3 is 2.40 bits per heavy atom. The van der Waals surface area contributed by atoms with E-state index in [0.29, 0.717) is 6.42 Å². The largest absolute Gasteiger partial charge is 2.00 e. The summed E-state index contributed by atoms with van der Waals surface area (Å²) in [6.45, 7) is 1.85. The SMILES string of the molecule is CCC(=O)C=Cc1cc[c-]cc1.CO.[Mg+2]. The third kappa shape index (κ3) is 8.36. The van der Waals surface area contributed by atoms with E-state index in [1.807, 2.05) is 37.3 Å². The Hall–Kier alpha value is -0.644. The second-order valence-corrected chi connectivity index (χ2v) is 2.49. The second kappa shape index (κ2) is 11.4. The van der Waals surface area contributed by atoms with Crippen molar-refractivity contribution in [3.05, 3.63) is 42.0 Å². The van der Waals surface area contributed by atoms with E-state index < -0.39 is 0 Å². The number of rotatable bonds is 3. The topological polar surface area (TPSA) is 37.3 Å². The van der Waals surface area contributed by atoms with Crippen LogP contribution in [0.25, 0.3) is 6.08 Å². The third-order valence-electron chi connectivity index (χ3n) is 1.55. The first-order chi connectivity index (χ1) is 6.83. The quantitative estimate of drug-likeness (QED) is 0.474. The Bertz CT molecular complexity index is 281. The van der Waals surface area contributed by atoms with Crippen molar-refractivity contribution < 1.29 is 9.90 Å². The van der Waals surface area contributed by atoms with Crippen LogP contribution in [0.3, 0.4) is 0 Å². The molecule has 2 nitrogen and oxygen atoms in total. The molecule has 0 aromatic heterocycles. The van der Waals surface area contributed by atoms with Crippen LogP contribution < -0.4 is 0 Å². The smallest absolute Gasteiger partial charge is 0.400 e. The van der Waals surface area contributed by atoms with Crippen LogP contribution in [0, 0.1) is 6.07 Å². The van der Waals surface area contributed by atoms with Crippen molar-refractivity contribution >= 4 is 34.9 Å². The molecule has 15 heavy (non-hydrogen) atoms. The van der Waals surface area contributed by atoms with Gasteiger partial charge >= 0.3 is 23.1 Å². The van der Waals surface area contributed by atoms with Gasteiger partial charge in [-0.25, -0.2) is 0 Å². The second-order valence-electron chi connectivity index (χ2n) is 2.49. The van der Waals surface area contributed by atoms with Crippen molar-refractivity contribution in [3.63, 3.8) is 0 Å². The van der Waals surface area contributed by atoms with Crippen molar-refractivity contribution in [3.8, 4) is 0 Å². The minimum Gasteiger partial charge on any atom is -0.400 e. The van der Waals surface area contributed by atoms with Gasteiger partial charge in [-0.1, -0.05) is 13.0 Å². The Morgan fingerprint density at radius 1 is 1.40 bits per heavy atom. The molecule has 0 bridgehead atoms. The molecule has 1 aromatic carbocycles. The molecular weight excluding hydrogens is 200 g/mol. The van der Waals surface area contributed by atoms with Crippen molar-refractivity contribution in [2.45, 2.75) is 13.3 Å². The monoisotopic (exact) mass is 215 g/mol. The number of benzene rings is 1. The number of aliphatic hydroxyl groups is 1. The van der Waals surface area contributed by atoms with Gasteiger partial charge < -0.3 is 5.11 Å². The Balaban J connectivity index is 0. The fraction of sp³-hybridized carbons (Fsp3) is 0.250. The van der Waals surface area contributed by atoms with Gasteiger partial charge in [-0.15, -0.1) is 5.56 Å². The molecule has 0 aliphatic carbocycles. The van der Waals surface area contributed by atoms with Crippen molar-refractivity contribution in [1.29, 1.82) is 0 Å². The first-order valence-corrected chi connectivity index (χ1v) is 4.44. The minimum atomic E-state index is 0. The predicted molar refractivity (Wildman–Crippen MR) is 63.5 cm³/mol. The zero-order valence-electron chi connectivity index (χ0n) is 9.23. The van der Waals surface area contributed by atoms with Gasteiger partial charge in [-0.3, -0.25) is 4.79 Å². The van der Waals surface area contributed by atoms with Gasteiger partial charge in [0, 0.05) is 13.5 Å². The van der Waals surface area contributed by atoms with Crippen LogP contribution in [0.4, 0.5) is 0 Å². The number of carbonyl (C=O) groups excluding carboxylic acids is 1. The van der Waals surface area contributed by atoms with Gasteiger partial charge in [0.1, 0.15) is 0 Å². The van der Waals surface area contributed by atoms with Crippen LogP contribution in [0.1, 0.15) is 18.9 Å². The van der Waals surface area contributed by atoms with Gasteiger partial charge in [0.25, 0.3) is 0 Å². The summed E-state index contributed by atoms with van der Waals surface area (Å²) in [5, 5.41) is 7.00. The van der Waals surface area contributed by atoms with E-state index in [9.17, 15) is 4.79 Å². The number of allylic oxidation sites excluding steroid dienone is 1. The minimum absolute atomic E-state index is 0. The average molecular weight is 216 g/mol. The Kier molecular flexibility index (Phi) is 12.8. The van der Waals surface area contributed by atoms with Gasteiger partial charge in [-0.2, -0.15) is 30.3 Å². The molecule has 0 aliphatic heterocycles. The number of ketones is 1. The van der Waals surface area contributed by atoms with E-state index in [1.54, 1.807) is 6.08 Å². The number of hydrogen-bond donors (Lipinski definition) is 1. The summed E-state index contributed by atoms with van der Waals surface area (Å²) in [5.74, 6) is 0.155. The van der Waals surface area contributed by atoms with Gasteiger partial charge in [0.05, 0.1) is 0 Å².